The number of carbonyl (C=O) groups excluding carboxylic acids is 1. The second kappa shape index (κ2) is 5.24. The van der Waals surface area contributed by atoms with Gasteiger partial charge >= 0.3 is 0 Å². The summed E-state index contributed by atoms with van der Waals surface area (Å²) in [7, 11) is 0. The van der Waals surface area contributed by atoms with Gasteiger partial charge in [0.2, 0.25) is 0 Å². The van der Waals surface area contributed by atoms with Gasteiger partial charge in [0.25, 0.3) is 5.91 Å². The van der Waals surface area contributed by atoms with E-state index < -0.39 is 0 Å². The van der Waals surface area contributed by atoms with Gasteiger partial charge in [-0.15, -0.1) is 0 Å². The van der Waals surface area contributed by atoms with Crippen LogP contribution in [0.1, 0.15) is 11.1 Å². The Morgan fingerprint density at radius 3 is 2.21 bits per heavy atom. The fraction of sp³-hybridized carbons (Fsp3) is 0. The summed E-state index contributed by atoms with van der Waals surface area (Å²) >= 11 is 1.43. The molecule has 0 aliphatic carbocycles. The van der Waals surface area contributed by atoms with E-state index in [9.17, 15) is 4.79 Å². The number of hydrogen-bond donors (Lipinski definition) is 0. The number of nitrogens with zero attached hydrogens (tertiary/aromatic N) is 1. The van der Waals surface area contributed by atoms with Gasteiger partial charge in [0.05, 0.1) is 4.91 Å². The first-order valence-electron chi connectivity index (χ1n) is 5.96. The summed E-state index contributed by atoms with van der Waals surface area (Å²) in [6.45, 7) is 0. The van der Waals surface area contributed by atoms with Gasteiger partial charge < -0.3 is 0 Å². The lowest BCUT2D eigenvalue weighted by Gasteiger charge is -1.98. The van der Waals surface area contributed by atoms with E-state index in [1.807, 2.05) is 66.7 Å². The molecule has 0 saturated heterocycles. The molecule has 0 radical (unpaired) electrons. The quantitative estimate of drug-likeness (QED) is 0.774. The average molecular weight is 265 g/mol. The first-order valence-corrected chi connectivity index (χ1v) is 6.77. The molecule has 0 atom stereocenters. The average Bonchev–Trinajstić information content (AvgIpc) is 2.82. The molecule has 0 aromatic heterocycles. The Morgan fingerprint density at radius 1 is 0.895 bits per heavy atom. The third kappa shape index (κ3) is 2.66. The molecule has 0 N–H and O–H groups in total. The molecule has 2 aromatic rings. The smallest absolute Gasteiger partial charge is 0.266 e. The fourth-order valence-electron chi connectivity index (χ4n) is 1.81. The van der Waals surface area contributed by atoms with Crippen LogP contribution in [0, 0.1) is 0 Å². The Bertz CT molecular complexity index is 660. The Hall–Kier alpha value is -2.13. The second-order valence-corrected chi connectivity index (χ2v) is 5.14. The predicted octanol–water partition coefficient (Wildman–Crippen LogP) is 3.75. The van der Waals surface area contributed by atoms with Gasteiger partial charge in [-0.3, -0.25) is 4.79 Å². The van der Waals surface area contributed by atoms with Crippen molar-refractivity contribution in [2.24, 2.45) is 4.99 Å². The minimum atomic E-state index is -0.160. The van der Waals surface area contributed by atoms with Crippen molar-refractivity contribution >= 4 is 28.8 Å². The van der Waals surface area contributed by atoms with Crippen LogP contribution in [0.4, 0.5) is 0 Å². The molecule has 3 heteroatoms. The van der Waals surface area contributed by atoms with E-state index in [2.05, 4.69) is 4.99 Å². The van der Waals surface area contributed by atoms with E-state index >= 15 is 0 Å². The molecule has 2 aromatic carbocycles. The highest BCUT2D eigenvalue weighted by Crippen LogP contribution is 2.31. The first-order chi connectivity index (χ1) is 9.33. The molecule has 1 amide bonds. The largest absolute Gasteiger partial charge is 0.284 e. The molecule has 92 valence electrons. The zero-order valence-electron chi connectivity index (χ0n) is 10.1. The highest BCUT2D eigenvalue weighted by atomic mass is 32.2. The number of benzene rings is 2. The molecule has 1 aliphatic rings. The maximum Gasteiger partial charge on any atom is 0.284 e. The molecule has 3 rings (SSSR count). The van der Waals surface area contributed by atoms with E-state index in [0.717, 1.165) is 16.2 Å². The number of amides is 1. The lowest BCUT2D eigenvalue weighted by atomic mass is 10.2. The molecule has 19 heavy (non-hydrogen) atoms. The number of carbonyl (C=O) groups is 1. The highest BCUT2D eigenvalue weighted by Gasteiger charge is 2.22. The van der Waals surface area contributed by atoms with Gasteiger partial charge in [-0.1, -0.05) is 72.4 Å². The van der Waals surface area contributed by atoms with Crippen LogP contribution >= 0.6 is 11.8 Å². The van der Waals surface area contributed by atoms with Crippen LogP contribution in [0.5, 0.6) is 0 Å². The fourth-order valence-corrected chi connectivity index (χ4v) is 2.73. The summed E-state index contributed by atoms with van der Waals surface area (Å²) < 4.78 is 0. The van der Waals surface area contributed by atoms with Crippen molar-refractivity contribution in [2.45, 2.75) is 0 Å². The van der Waals surface area contributed by atoms with E-state index in [4.69, 9.17) is 0 Å². The minimum Gasteiger partial charge on any atom is -0.266 e. The Kier molecular flexibility index (Phi) is 3.29. The molecule has 1 heterocycles. The van der Waals surface area contributed by atoms with Crippen LogP contribution in [-0.2, 0) is 4.79 Å². The molecular formula is C16H11NOS. The molecule has 1 aliphatic heterocycles. The van der Waals surface area contributed by atoms with Gasteiger partial charge in [0.1, 0.15) is 5.04 Å². The summed E-state index contributed by atoms with van der Waals surface area (Å²) in [5, 5.41) is 0.771. The summed E-state index contributed by atoms with van der Waals surface area (Å²) in [5.41, 5.74) is 2.00. The van der Waals surface area contributed by atoms with Crippen molar-refractivity contribution in [3.8, 4) is 0 Å². The second-order valence-electron chi connectivity index (χ2n) is 4.11. The summed E-state index contributed by atoms with van der Waals surface area (Å²) in [6, 6.07) is 19.6. The monoisotopic (exact) mass is 265 g/mol. The highest BCUT2D eigenvalue weighted by molar-refractivity contribution is 8.19. The van der Waals surface area contributed by atoms with E-state index in [-0.39, 0.29) is 5.91 Å². The van der Waals surface area contributed by atoms with Gasteiger partial charge in [-0.2, -0.15) is 0 Å². The van der Waals surface area contributed by atoms with E-state index in [1.165, 1.54) is 11.8 Å². The molecular weight excluding hydrogens is 254 g/mol. The van der Waals surface area contributed by atoms with Crippen LogP contribution in [0.15, 0.2) is 70.6 Å². The van der Waals surface area contributed by atoms with Crippen LogP contribution < -0.4 is 0 Å². The molecule has 0 spiro atoms. The minimum absolute atomic E-state index is 0.160. The summed E-state index contributed by atoms with van der Waals surface area (Å²) in [4.78, 5) is 16.7. The molecule has 0 unspecified atom stereocenters. The maximum atomic E-state index is 11.9. The van der Waals surface area contributed by atoms with Gasteiger partial charge in [-0.05, 0) is 11.6 Å². The van der Waals surface area contributed by atoms with Crippen molar-refractivity contribution in [1.29, 1.82) is 0 Å². The molecule has 0 saturated carbocycles. The maximum absolute atomic E-state index is 11.9. The number of hydrogen-bond acceptors (Lipinski definition) is 2. The third-order valence-corrected chi connectivity index (χ3v) is 3.77. The van der Waals surface area contributed by atoms with E-state index in [1.54, 1.807) is 0 Å². The van der Waals surface area contributed by atoms with Crippen LogP contribution in [-0.4, -0.2) is 11.0 Å². The summed E-state index contributed by atoms with van der Waals surface area (Å²) in [5.74, 6) is -0.160. The number of thioether (sulfide) groups is 1. The van der Waals surface area contributed by atoms with Crippen molar-refractivity contribution < 1.29 is 4.79 Å². The van der Waals surface area contributed by atoms with Crippen molar-refractivity contribution in [1.82, 2.24) is 0 Å². The zero-order valence-corrected chi connectivity index (χ0v) is 10.9. The molecule has 0 fully saturated rings. The third-order valence-electron chi connectivity index (χ3n) is 2.74. The van der Waals surface area contributed by atoms with Gasteiger partial charge in [0.15, 0.2) is 0 Å². The van der Waals surface area contributed by atoms with Crippen molar-refractivity contribution in [2.75, 3.05) is 0 Å². The Labute approximate surface area is 115 Å². The van der Waals surface area contributed by atoms with Crippen LogP contribution in [0.3, 0.4) is 0 Å². The number of rotatable bonds is 2. The lowest BCUT2D eigenvalue weighted by Crippen LogP contribution is -1.89. The standard InChI is InChI=1S/C16H11NOS/c18-15-14(11-12-7-3-1-4-8-12)19-16(17-15)13-9-5-2-6-10-13/h1-11H/b14-11+. The van der Waals surface area contributed by atoms with Gasteiger partial charge in [0, 0.05) is 5.56 Å². The summed E-state index contributed by atoms with van der Waals surface area (Å²) in [6.07, 6.45) is 1.88. The van der Waals surface area contributed by atoms with Crippen LogP contribution in [0.25, 0.3) is 6.08 Å². The lowest BCUT2D eigenvalue weighted by molar-refractivity contribution is -0.113. The predicted molar refractivity (Wildman–Crippen MR) is 80.0 cm³/mol. The SMILES string of the molecule is O=C1N=C(c2ccccc2)S/C1=C/c1ccccc1. The van der Waals surface area contributed by atoms with Crippen LogP contribution in [0.2, 0.25) is 0 Å². The van der Waals surface area contributed by atoms with Crippen molar-refractivity contribution in [3.05, 3.63) is 76.7 Å². The normalized spacial score (nSPS) is 16.7. The number of aliphatic imine (C=N–C) groups is 1. The van der Waals surface area contributed by atoms with E-state index in [0.29, 0.717) is 4.91 Å². The van der Waals surface area contributed by atoms with Crippen molar-refractivity contribution in [3.63, 3.8) is 0 Å². The zero-order chi connectivity index (χ0) is 13.1. The molecule has 2 nitrogen and oxygen atoms in total. The Morgan fingerprint density at radius 2 is 1.53 bits per heavy atom. The molecule has 0 bridgehead atoms. The first kappa shape index (κ1) is 11.9. The topological polar surface area (TPSA) is 29.4 Å². The van der Waals surface area contributed by atoms with Gasteiger partial charge in [-0.25, -0.2) is 4.99 Å². The Balaban J connectivity index is 1.87.